The van der Waals surface area contributed by atoms with Gasteiger partial charge in [0.15, 0.2) is 0 Å². The number of fused-ring (bicyclic) bond motifs is 1. The van der Waals surface area contributed by atoms with Crippen LogP contribution < -0.4 is 0 Å². The standard InChI is InChI=1S/C16H29BrO2/c1-15(2)6-7-16(3,4)12-9-14(19-10-18-5)13(17)8-11(12)15/h11-14H,6-10H2,1-5H3. The van der Waals surface area contributed by atoms with Gasteiger partial charge in [-0.25, -0.2) is 0 Å². The molecule has 2 saturated carbocycles. The van der Waals surface area contributed by atoms with Crippen molar-refractivity contribution in [1.82, 2.24) is 0 Å². The van der Waals surface area contributed by atoms with E-state index in [0.29, 0.717) is 28.6 Å². The lowest BCUT2D eigenvalue weighted by Gasteiger charge is -2.56. The Kier molecular flexibility index (Phi) is 4.69. The average molecular weight is 333 g/mol. The normalized spacial score (nSPS) is 40.7. The Morgan fingerprint density at radius 3 is 2.05 bits per heavy atom. The molecule has 0 radical (unpaired) electrons. The molecule has 0 N–H and O–H groups in total. The van der Waals surface area contributed by atoms with Gasteiger partial charge in [0.25, 0.3) is 0 Å². The highest BCUT2D eigenvalue weighted by molar-refractivity contribution is 9.09. The molecule has 2 nitrogen and oxygen atoms in total. The van der Waals surface area contributed by atoms with Crippen molar-refractivity contribution < 1.29 is 9.47 Å². The molecule has 2 aliphatic rings. The van der Waals surface area contributed by atoms with Crippen molar-refractivity contribution in [3.63, 3.8) is 0 Å². The molecule has 0 amide bonds. The lowest BCUT2D eigenvalue weighted by molar-refractivity contribution is -0.127. The SMILES string of the molecule is COCOC1CC2C(CC1Br)C(C)(C)CCC2(C)C. The maximum Gasteiger partial charge on any atom is 0.146 e. The van der Waals surface area contributed by atoms with Crippen LogP contribution in [0.4, 0.5) is 0 Å². The van der Waals surface area contributed by atoms with Gasteiger partial charge in [0, 0.05) is 11.9 Å². The highest BCUT2D eigenvalue weighted by atomic mass is 79.9. The number of halogens is 1. The van der Waals surface area contributed by atoms with Crippen molar-refractivity contribution in [3.8, 4) is 0 Å². The molecule has 3 heteroatoms. The van der Waals surface area contributed by atoms with Crippen molar-refractivity contribution in [2.75, 3.05) is 13.9 Å². The van der Waals surface area contributed by atoms with Gasteiger partial charge in [-0.05, 0) is 48.3 Å². The van der Waals surface area contributed by atoms with E-state index in [1.165, 1.54) is 25.7 Å². The minimum absolute atomic E-state index is 0.300. The second kappa shape index (κ2) is 5.65. The van der Waals surface area contributed by atoms with Crippen LogP contribution in [0.1, 0.15) is 53.4 Å². The van der Waals surface area contributed by atoms with E-state index in [1.807, 2.05) is 0 Å². The third kappa shape index (κ3) is 3.19. The van der Waals surface area contributed by atoms with Crippen LogP contribution in [0.25, 0.3) is 0 Å². The Bertz CT molecular complexity index is 314. The quantitative estimate of drug-likeness (QED) is 0.555. The largest absolute Gasteiger partial charge is 0.359 e. The van der Waals surface area contributed by atoms with Gasteiger partial charge in [-0.15, -0.1) is 0 Å². The topological polar surface area (TPSA) is 18.5 Å². The lowest BCUT2D eigenvalue weighted by Crippen LogP contribution is -2.51. The fourth-order valence-electron chi connectivity index (χ4n) is 4.19. The molecule has 2 fully saturated rings. The molecule has 2 rings (SSSR count). The van der Waals surface area contributed by atoms with E-state index in [4.69, 9.17) is 9.47 Å². The predicted molar refractivity (Wildman–Crippen MR) is 82.5 cm³/mol. The second-order valence-electron chi connectivity index (χ2n) is 7.79. The molecule has 0 aliphatic heterocycles. The first kappa shape index (κ1) is 15.8. The van der Waals surface area contributed by atoms with Crippen LogP contribution in [0.3, 0.4) is 0 Å². The van der Waals surface area contributed by atoms with Crippen LogP contribution in [0, 0.1) is 22.7 Å². The first-order valence-electron chi connectivity index (χ1n) is 7.52. The molecule has 0 bridgehead atoms. The maximum absolute atomic E-state index is 5.89. The van der Waals surface area contributed by atoms with E-state index >= 15 is 0 Å². The monoisotopic (exact) mass is 332 g/mol. The molecule has 0 aromatic rings. The van der Waals surface area contributed by atoms with Crippen molar-refractivity contribution in [1.29, 1.82) is 0 Å². The Labute approximate surface area is 126 Å². The Morgan fingerprint density at radius 1 is 1.00 bits per heavy atom. The van der Waals surface area contributed by atoms with Crippen LogP contribution in [-0.2, 0) is 9.47 Å². The summed E-state index contributed by atoms with van der Waals surface area (Å²) < 4.78 is 11.0. The molecule has 19 heavy (non-hydrogen) atoms. The first-order valence-corrected chi connectivity index (χ1v) is 8.44. The van der Waals surface area contributed by atoms with Crippen LogP contribution in [0.2, 0.25) is 0 Å². The Hall–Kier alpha value is 0.400. The van der Waals surface area contributed by atoms with Gasteiger partial charge < -0.3 is 9.47 Å². The average Bonchev–Trinajstić information content (AvgIpc) is 2.33. The van der Waals surface area contributed by atoms with Crippen LogP contribution >= 0.6 is 15.9 Å². The summed E-state index contributed by atoms with van der Waals surface area (Å²) in [4.78, 5) is 0.470. The van der Waals surface area contributed by atoms with Crippen LogP contribution in [0.15, 0.2) is 0 Å². The molecular formula is C16H29BrO2. The molecule has 0 heterocycles. The van der Waals surface area contributed by atoms with E-state index in [9.17, 15) is 0 Å². The molecule has 0 aromatic carbocycles. The first-order chi connectivity index (χ1) is 8.78. The van der Waals surface area contributed by atoms with Gasteiger partial charge in [-0.1, -0.05) is 43.6 Å². The van der Waals surface area contributed by atoms with Crippen molar-refractivity contribution in [3.05, 3.63) is 0 Å². The molecule has 112 valence electrons. The fourth-order valence-corrected chi connectivity index (χ4v) is 4.96. The number of hydrogen-bond donors (Lipinski definition) is 0. The molecule has 2 aliphatic carbocycles. The molecule has 4 atom stereocenters. The predicted octanol–water partition coefficient (Wildman–Crippen LogP) is 4.61. The van der Waals surface area contributed by atoms with Gasteiger partial charge >= 0.3 is 0 Å². The number of methoxy groups -OCH3 is 1. The zero-order valence-corrected chi connectivity index (χ0v) is 14.6. The third-order valence-electron chi connectivity index (χ3n) is 5.68. The molecule has 0 aromatic heterocycles. The summed E-state index contributed by atoms with van der Waals surface area (Å²) in [6.07, 6.45) is 5.39. The zero-order chi connectivity index (χ0) is 14.3. The number of hydrogen-bond acceptors (Lipinski definition) is 2. The number of ether oxygens (including phenoxy) is 2. The Balaban J connectivity index is 2.14. The smallest absolute Gasteiger partial charge is 0.146 e. The van der Waals surface area contributed by atoms with E-state index in [0.717, 1.165) is 11.8 Å². The van der Waals surface area contributed by atoms with Gasteiger partial charge in [0.2, 0.25) is 0 Å². The highest BCUT2D eigenvalue weighted by Crippen LogP contribution is 2.58. The number of alkyl halides is 1. The summed E-state index contributed by atoms with van der Waals surface area (Å²) in [6, 6.07) is 0. The van der Waals surface area contributed by atoms with Gasteiger partial charge in [-0.3, -0.25) is 0 Å². The fraction of sp³-hybridized carbons (Fsp3) is 1.00. The van der Waals surface area contributed by atoms with Crippen LogP contribution in [0.5, 0.6) is 0 Å². The van der Waals surface area contributed by atoms with Crippen molar-refractivity contribution in [2.45, 2.75) is 64.3 Å². The summed E-state index contributed by atoms with van der Waals surface area (Å²) in [7, 11) is 1.70. The van der Waals surface area contributed by atoms with Gasteiger partial charge in [-0.2, -0.15) is 0 Å². The second-order valence-corrected chi connectivity index (χ2v) is 8.97. The summed E-state index contributed by atoms with van der Waals surface area (Å²) in [6.45, 7) is 10.2. The van der Waals surface area contributed by atoms with Crippen molar-refractivity contribution in [2.24, 2.45) is 22.7 Å². The van der Waals surface area contributed by atoms with Crippen molar-refractivity contribution >= 4 is 15.9 Å². The molecular weight excluding hydrogens is 304 g/mol. The summed E-state index contributed by atoms with van der Waals surface area (Å²) >= 11 is 3.86. The van der Waals surface area contributed by atoms with Gasteiger partial charge in [0.1, 0.15) is 6.79 Å². The summed E-state index contributed by atoms with van der Waals surface area (Å²) in [5, 5.41) is 0. The highest BCUT2D eigenvalue weighted by Gasteiger charge is 2.52. The van der Waals surface area contributed by atoms with Crippen LogP contribution in [-0.4, -0.2) is 24.8 Å². The molecule has 0 saturated heterocycles. The maximum atomic E-state index is 5.89. The zero-order valence-electron chi connectivity index (χ0n) is 13.0. The van der Waals surface area contributed by atoms with E-state index in [2.05, 4.69) is 43.6 Å². The summed E-state index contributed by atoms with van der Waals surface area (Å²) in [5.74, 6) is 1.58. The number of rotatable bonds is 3. The Morgan fingerprint density at radius 2 is 1.53 bits per heavy atom. The molecule has 4 unspecified atom stereocenters. The lowest BCUT2D eigenvalue weighted by atomic mass is 9.50. The molecule has 0 spiro atoms. The minimum atomic E-state index is 0.300. The third-order valence-corrected chi connectivity index (χ3v) is 6.64. The van der Waals surface area contributed by atoms with E-state index in [-0.39, 0.29) is 0 Å². The minimum Gasteiger partial charge on any atom is -0.359 e. The van der Waals surface area contributed by atoms with Gasteiger partial charge in [0.05, 0.1) is 6.10 Å². The summed E-state index contributed by atoms with van der Waals surface area (Å²) in [5.41, 5.74) is 0.917. The van der Waals surface area contributed by atoms with E-state index < -0.39 is 0 Å². The van der Waals surface area contributed by atoms with E-state index in [1.54, 1.807) is 7.11 Å².